The van der Waals surface area contributed by atoms with E-state index in [4.69, 9.17) is 4.74 Å². The van der Waals surface area contributed by atoms with Crippen LogP contribution >= 0.6 is 0 Å². The molecule has 1 fully saturated rings. The molecule has 84 valence electrons. The van der Waals surface area contributed by atoms with Crippen LogP contribution in [0.5, 0.6) is 0 Å². The molecule has 0 saturated heterocycles. The molecule has 0 spiro atoms. The Balaban J connectivity index is 2.10. The van der Waals surface area contributed by atoms with Crippen molar-refractivity contribution in [2.75, 3.05) is 13.2 Å². The van der Waals surface area contributed by atoms with Gasteiger partial charge < -0.3 is 10.1 Å². The van der Waals surface area contributed by atoms with Gasteiger partial charge in [-0.05, 0) is 40.0 Å². The molecule has 0 aromatic rings. The molecule has 0 bridgehead atoms. The summed E-state index contributed by atoms with van der Waals surface area (Å²) in [4.78, 5) is 0. The minimum atomic E-state index is -0.0213. The zero-order valence-electron chi connectivity index (χ0n) is 10.1. The summed E-state index contributed by atoms with van der Waals surface area (Å²) in [6.45, 7) is 10.4. The highest BCUT2D eigenvalue weighted by molar-refractivity contribution is 4.80. The summed E-state index contributed by atoms with van der Waals surface area (Å²) in [5.41, 5.74) is -0.0213. The molecule has 0 aromatic carbocycles. The standard InChI is InChI=1S/C12H25NO/c1-5-14-12(3,4)9-13-10(2)8-11-6-7-11/h10-11,13H,5-9H2,1-4H3. The van der Waals surface area contributed by atoms with E-state index in [1.165, 1.54) is 19.3 Å². The molecule has 0 heterocycles. The van der Waals surface area contributed by atoms with Crippen LogP contribution in [0.4, 0.5) is 0 Å². The van der Waals surface area contributed by atoms with Crippen LogP contribution in [0.15, 0.2) is 0 Å². The molecule has 2 nitrogen and oxygen atoms in total. The van der Waals surface area contributed by atoms with Gasteiger partial charge in [0, 0.05) is 19.2 Å². The second-order valence-electron chi connectivity index (χ2n) is 5.15. The van der Waals surface area contributed by atoms with Crippen LogP contribution in [0.2, 0.25) is 0 Å². The number of rotatable bonds is 7. The Morgan fingerprint density at radius 3 is 2.57 bits per heavy atom. The fourth-order valence-electron chi connectivity index (χ4n) is 1.80. The van der Waals surface area contributed by atoms with Gasteiger partial charge >= 0.3 is 0 Å². The first-order valence-corrected chi connectivity index (χ1v) is 5.91. The molecule has 2 heteroatoms. The van der Waals surface area contributed by atoms with Crippen LogP contribution in [0.1, 0.15) is 47.0 Å². The molecule has 1 unspecified atom stereocenters. The molecular weight excluding hydrogens is 174 g/mol. The summed E-state index contributed by atoms with van der Waals surface area (Å²) >= 11 is 0. The summed E-state index contributed by atoms with van der Waals surface area (Å²) < 4.78 is 5.64. The first-order chi connectivity index (χ1) is 6.53. The maximum atomic E-state index is 5.64. The number of nitrogens with one attached hydrogen (secondary N) is 1. The van der Waals surface area contributed by atoms with Crippen molar-refractivity contribution in [2.24, 2.45) is 5.92 Å². The number of hydrogen-bond donors (Lipinski definition) is 1. The molecule has 0 radical (unpaired) electrons. The lowest BCUT2D eigenvalue weighted by atomic mass is 10.1. The first-order valence-electron chi connectivity index (χ1n) is 5.91. The Kier molecular flexibility index (Phi) is 4.39. The van der Waals surface area contributed by atoms with Crippen LogP contribution < -0.4 is 5.32 Å². The number of hydrogen-bond acceptors (Lipinski definition) is 2. The third-order valence-corrected chi connectivity index (χ3v) is 2.80. The topological polar surface area (TPSA) is 21.3 Å². The summed E-state index contributed by atoms with van der Waals surface area (Å²) in [6, 6.07) is 0.641. The maximum Gasteiger partial charge on any atom is 0.0750 e. The molecule has 1 rings (SSSR count). The van der Waals surface area contributed by atoms with E-state index in [0.717, 1.165) is 19.1 Å². The van der Waals surface area contributed by atoms with Crippen LogP contribution in [0.25, 0.3) is 0 Å². The van der Waals surface area contributed by atoms with Gasteiger partial charge in [0.2, 0.25) is 0 Å². The smallest absolute Gasteiger partial charge is 0.0750 e. The van der Waals surface area contributed by atoms with E-state index >= 15 is 0 Å². The normalized spacial score (nSPS) is 19.7. The van der Waals surface area contributed by atoms with E-state index in [2.05, 4.69) is 33.0 Å². The predicted molar refractivity (Wildman–Crippen MR) is 60.5 cm³/mol. The first kappa shape index (κ1) is 12.0. The van der Waals surface area contributed by atoms with Gasteiger partial charge in [0.25, 0.3) is 0 Å². The van der Waals surface area contributed by atoms with Crippen molar-refractivity contribution in [1.29, 1.82) is 0 Å². The van der Waals surface area contributed by atoms with Crippen molar-refractivity contribution >= 4 is 0 Å². The van der Waals surface area contributed by atoms with Crippen LogP contribution in [0.3, 0.4) is 0 Å². The third-order valence-electron chi connectivity index (χ3n) is 2.80. The Bertz CT molecular complexity index is 164. The van der Waals surface area contributed by atoms with Gasteiger partial charge in [0.05, 0.1) is 5.60 Å². The molecule has 0 aliphatic heterocycles. The zero-order valence-corrected chi connectivity index (χ0v) is 10.1. The van der Waals surface area contributed by atoms with Crippen molar-refractivity contribution in [3.63, 3.8) is 0 Å². The van der Waals surface area contributed by atoms with Gasteiger partial charge in [-0.15, -0.1) is 0 Å². The Morgan fingerprint density at radius 2 is 2.07 bits per heavy atom. The average molecular weight is 199 g/mol. The van der Waals surface area contributed by atoms with E-state index in [0.29, 0.717) is 6.04 Å². The molecule has 1 N–H and O–H groups in total. The molecule has 14 heavy (non-hydrogen) atoms. The van der Waals surface area contributed by atoms with E-state index < -0.39 is 0 Å². The van der Waals surface area contributed by atoms with E-state index in [9.17, 15) is 0 Å². The monoisotopic (exact) mass is 199 g/mol. The fourth-order valence-corrected chi connectivity index (χ4v) is 1.80. The Morgan fingerprint density at radius 1 is 1.43 bits per heavy atom. The average Bonchev–Trinajstić information content (AvgIpc) is 2.85. The van der Waals surface area contributed by atoms with Crippen molar-refractivity contribution in [3.8, 4) is 0 Å². The van der Waals surface area contributed by atoms with E-state index in [1.54, 1.807) is 0 Å². The lowest BCUT2D eigenvalue weighted by Gasteiger charge is -2.27. The number of ether oxygens (including phenoxy) is 1. The van der Waals surface area contributed by atoms with Gasteiger partial charge in [0.15, 0.2) is 0 Å². The third kappa shape index (κ3) is 4.97. The Labute approximate surface area is 88.4 Å². The largest absolute Gasteiger partial charge is 0.375 e. The molecule has 0 aromatic heterocycles. The Hall–Kier alpha value is -0.0800. The highest BCUT2D eigenvalue weighted by Crippen LogP contribution is 2.33. The van der Waals surface area contributed by atoms with Crippen molar-refractivity contribution in [1.82, 2.24) is 5.32 Å². The highest BCUT2D eigenvalue weighted by atomic mass is 16.5. The second-order valence-corrected chi connectivity index (χ2v) is 5.15. The maximum absolute atomic E-state index is 5.64. The lowest BCUT2D eigenvalue weighted by molar-refractivity contribution is -0.0105. The van der Waals surface area contributed by atoms with Crippen LogP contribution in [-0.4, -0.2) is 24.8 Å². The lowest BCUT2D eigenvalue weighted by Crippen LogP contribution is -2.41. The molecular formula is C12H25NO. The fraction of sp³-hybridized carbons (Fsp3) is 1.00. The van der Waals surface area contributed by atoms with Crippen molar-refractivity contribution < 1.29 is 4.74 Å². The van der Waals surface area contributed by atoms with Crippen molar-refractivity contribution in [3.05, 3.63) is 0 Å². The highest BCUT2D eigenvalue weighted by Gasteiger charge is 2.24. The zero-order chi connectivity index (χ0) is 10.6. The molecule has 0 amide bonds. The minimum Gasteiger partial charge on any atom is -0.375 e. The van der Waals surface area contributed by atoms with E-state index in [-0.39, 0.29) is 5.60 Å². The summed E-state index contributed by atoms with van der Waals surface area (Å²) in [6.07, 6.45) is 4.23. The summed E-state index contributed by atoms with van der Waals surface area (Å²) in [5.74, 6) is 1.01. The summed E-state index contributed by atoms with van der Waals surface area (Å²) in [5, 5.41) is 3.55. The second kappa shape index (κ2) is 5.13. The quantitative estimate of drug-likeness (QED) is 0.680. The summed E-state index contributed by atoms with van der Waals surface area (Å²) in [7, 11) is 0. The van der Waals surface area contributed by atoms with Gasteiger partial charge in [-0.1, -0.05) is 12.8 Å². The molecule has 1 aliphatic carbocycles. The van der Waals surface area contributed by atoms with Gasteiger partial charge in [-0.2, -0.15) is 0 Å². The van der Waals surface area contributed by atoms with Crippen LogP contribution in [-0.2, 0) is 4.74 Å². The molecule has 1 atom stereocenters. The SMILES string of the molecule is CCOC(C)(C)CNC(C)CC1CC1. The van der Waals surface area contributed by atoms with Gasteiger partial charge in [0.1, 0.15) is 0 Å². The minimum absolute atomic E-state index is 0.0213. The molecule has 1 aliphatic rings. The van der Waals surface area contributed by atoms with Crippen LogP contribution in [0, 0.1) is 5.92 Å². The van der Waals surface area contributed by atoms with Gasteiger partial charge in [-0.3, -0.25) is 0 Å². The van der Waals surface area contributed by atoms with E-state index in [1.807, 2.05) is 0 Å². The molecule has 1 saturated carbocycles. The predicted octanol–water partition coefficient (Wildman–Crippen LogP) is 2.58. The van der Waals surface area contributed by atoms with Crippen molar-refractivity contribution in [2.45, 2.75) is 58.6 Å². The van der Waals surface area contributed by atoms with Gasteiger partial charge in [-0.25, -0.2) is 0 Å².